The zero-order valence-electron chi connectivity index (χ0n) is 10.1. The van der Waals surface area contributed by atoms with E-state index in [1.807, 2.05) is 18.2 Å². The maximum Gasteiger partial charge on any atom is 0.254 e. The van der Waals surface area contributed by atoms with Crippen LogP contribution in [0, 0.1) is 5.82 Å². The first-order valence-corrected chi connectivity index (χ1v) is 5.83. The second-order valence-corrected chi connectivity index (χ2v) is 3.99. The van der Waals surface area contributed by atoms with E-state index in [9.17, 15) is 9.18 Å². The summed E-state index contributed by atoms with van der Waals surface area (Å²) < 4.78 is 13.4. The van der Waals surface area contributed by atoms with Crippen LogP contribution in [0.2, 0.25) is 0 Å². The molecular formula is C14H13FN2O2. The smallest absolute Gasteiger partial charge is 0.254 e. The highest BCUT2D eigenvalue weighted by molar-refractivity contribution is 5.94. The molecule has 0 aliphatic carbocycles. The Bertz CT molecular complexity index is 573. The molecule has 0 spiro atoms. The standard InChI is InChI=1S/C14H13FN2O2/c15-13-9-11(18)4-5-12(13)14(19)17-8-6-10-3-1-2-7-16-10/h1-5,7,9,18H,6,8H2,(H,17,19). The molecule has 0 atom stereocenters. The highest BCUT2D eigenvalue weighted by Gasteiger charge is 2.11. The van der Waals surface area contributed by atoms with E-state index in [4.69, 9.17) is 5.11 Å². The van der Waals surface area contributed by atoms with E-state index < -0.39 is 11.7 Å². The number of halogens is 1. The molecule has 1 heterocycles. The number of aromatic nitrogens is 1. The summed E-state index contributed by atoms with van der Waals surface area (Å²) in [5.74, 6) is -1.45. The van der Waals surface area contributed by atoms with Crippen LogP contribution in [0.3, 0.4) is 0 Å². The van der Waals surface area contributed by atoms with Crippen LogP contribution in [-0.4, -0.2) is 22.5 Å². The van der Waals surface area contributed by atoms with Gasteiger partial charge in [0.05, 0.1) is 5.56 Å². The number of phenolic OH excluding ortho intramolecular Hbond substituents is 1. The van der Waals surface area contributed by atoms with E-state index in [1.54, 1.807) is 6.20 Å². The van der Waals surface area contributed by atoms with Crippen molar-refractivity contribution in [1.29, 1.82) is 0 Å². The van der Waals surface area contributed by atoms with Gasteiger partial charge in [-0.3, -0.25) is 9.78 Å². The lowest BCUT2D eigenvalue weighted by molar-refractivity contribution is 0.0950. The topological polar surface area (TPSA) is 62.2 Å². The third kappa shape index (κ3) is 3.51. The van der Waals surface area contributed by atoms with Crippen molar-refractivity contribution in [3.05, 3.63) is 59.7 Å². The molecule has 0 aliphatic rings. The Hall–Kier alpha value is -2.43. The lowest BCUT2D eigenvalue weighted by Gasteiger charge is -2.06. The van der Waals surface area contributed by atoms with Crippen LogP contribution in [-0.2, 0) is 6.42 Å². The molecule has 19 heavy (non-hydrogen) atoms. The highest BCUT2D eigenvalue weighted by Crippen LogP contribution is 2.14. The summed E-state index contributed by atoms with van der Waals surface area (Å²) in [6, 6.07) is 8.97. The minimum absolute atomic E-state index is 0.0844. The Balaban J connectivity index is 1.91. The molecule has 0 bridgehead atoms. The van der Waals surface area contributed by atoms with Crippen LogP contribution >= 0.6 is 0 Å². The fraction of sp³-hybridized carbons (Fsp3) is 0.143. The third-order valence-corrected chi connectivity index (χ3v) is 2.59. The molecule has 4 nitrogen and oxygen atoms in total. The molecule has 2 rings (SSSR count). The lowest BCUT2D eigenvalue weighted by Crippen LogP contribution is -2.26. The SMILES string of the molecule is O=C(NCCc1ccccn1)c1ccc(O)cc1F. The molecule has 1 aromatic heterocycles. The predicted octanol–water partition coefficient (Wildman–Crippen LogP) is 1.90. The van der Waals surface area contributed by atoms with Crippen molar-refractivity contribution in [2.75, 3.05) is 6.54 Å². The van der Waals surface area contributed by atoms with Gasteiger partial charge in [0.15, 0.2) is 0 Å². The molecule has 2 aromatic rings. The monoisotopic (exact) mass is 260 g/mol. The van der Waals surface area contributed by atoms with E-state index in [0.717, 1.165) is 11.8 Å². The van der Waals surface area contributed by atoms with Crippen molar-refractivity contribution in [3.63, 3.8) is 0 Å². The number of hydrogen-bond acceptors (Lipinski definition) is 3. The van der Waals surface area contributed by atoms with Gasteiger partial charge in [0, 0.05) is 30.9 Å². The zero-order chi connectivity index (χ0) is 13.7. The summed E-state index contributed by atoms with van der Waals surface area (Å²) in [7, 11) is 0. The molecule has 0 radical (unpaired) electrons. The van der Waals surface area contributed by atoms with Crippen molar-refractivity contribution in [2.24, 2.45) is 0 Å². The molecule has 0 unspecified atom stereocenters. The third-order valence-electron chi connectivity index (χ3n) is 2.59. The van der Waals surface area contributed by atoms with Gasteiger partial charge in [0.25, 0.3) is 5.91 Å². The highest BCUT2D eigenvalue weighted by atomic mass is 19.1. The number of aromatic hydroxyl groups is 1. The first-order valence-electron chi connectivity index (χ1n) is 5.83. The van der Waals surface area contributed by atoms with Gasteiger partial charge in [0.2, 0.25) is 0 Å². The molecule has 2 N–H and O–H groups in total. The minimum Gasteiger partial charge on any atom is -0.508 e. The average Bonchev–Trinajstić information content (AvgIpc) is 2.39. The Morgan fingerprint density at radius 2 is 2.16 bits per heavy atom. The Kier molecular flexibility index (Phi) is 4.07. The molecule has 0 fully saturated rings. The second kappa shape index (κ2) is 5.95. The number of nitrogens with zero attached hydrogens (tertiary/aromatic N) is 1. The number of carbonyl (C=O) groups excluding carboxylic acids is 1. The van der Waals surface area contributed by atoms with Gasteiger partial charge in [-0.1, -0.05) is 6.07 Å². The maximum atomic E-state index is 13.4. The fourth-order valence-corrected chi connectivity index (χ4v) is 1.63. The van der Waals surface area contributed by atoms with Crippen LogP contribution < -0.4 is 5.32 Å². The van der Waals surface area contributed by atoms with Crippen LogP contribution in [0.5, 0.6) is 5.75 Å². The Labute approximate surface area is 109 Å². The average molecular weight is 260 g/mol. The number of carbonyl (C=O) groups is 1. The number of hydrogen-bond donors (Lipinski definition) is 2. The summed E-state index contributed by atoms with van der Waals surface area (Å²) in [4.78, 5) is 15.8. The van der Waals surface area contributed by atoms with Gasteiger partial charge in [-0.15, -0.1) is 0 Å². The molecule has 0 saturated heterocycles. The number of nitrogens with one attached hydrogen (secondary N) is 1. The Morgan fingerprint density at radius 1 is 1.32 bits per heavy atom. The molecule has 1 aromatic carbocycles. The summed E-state index contributed by atoms with van der Waals surface area (Å²) in [6.45, 7) is 0.371. The normalized spacial score (nSPS) is 10.2. The summed E-state index contributed by atoms with van der Waals surface area (Å²) in [5, 5.41) is 11.7. The zero-order valence-corrected chi connectivity index (χ0v) is 10.1. The van der Waals surface area contributed by atoms with Crippen molar-refractivity contribution in [2.45, 2.75) is 6.42 Å². The Morgan fingerprint density at radius 3 is 2.84 bits per heavy atom. The van der Waals surface area contributed by atoms with Crippen molar-refractivity contribution in [1.82, 2.24) is 10.3 Å². The van der Waals surface area contributed by atoms with Gasteiger partial charge in [-0.25, -0.2) is 4.39 Å². The van der Waals surface area contributed by atoms with Crippen molar-refractivity contribution in [3.8, 4) is 5.75 Å². The van der Waals surface area contributed by atoms with Gasteiger partial charge in [-0.05, 0) is 24.3 Å². The maximum absolute atomic E-state index is 13.4. The number of amides is 1. The number of rotatable bonds is 4. The first kappa shape index (κ1) is 13.0. The van der Waals surface area contributed by atoms with Gasteiger partial charge < -0.3 is 10.4 Å². The predicted molar refractivity (Wildman–Crippen MR) is 68.3 cm³/mol. The molecule has 98 valence electrons. The molecular weight excluding hydrogens is 247 g/mol. The van der Waals surface area contributed by atoms with Crippen molar-refractivity contribution >= 4 is 5.91 Å². The summed E-state index contributed by atoms with van der Waals surface area (Å²) in [5.41, 5.74) is 0.771. The molecule has 0 saturated carbocycles. The lowest BCUT2D eigenvalue weighted by atomic mass is 10.2. The van der Waals surface area contributed by atoms with Crippen LogP contribution in [0.25, 0.3) is 0 Å². The van der Waals surface area contributed by atoms with Gasteiger partial charge in [0.1, 0.15) is 11.6 Å². The van der Waals surface area contributed by atoms with Gasteiger partial charge >= 0.3 is 0 Å². The summed E-state index contributed by atoms with van der Waals surface area (Å²) >= 11 is 0. The van der Waals surface area contributed by atoms with Crippen LogP contribution in [0.4, 0.5) is 4.39 Å². The van der Waals surface area contributed by atoms with Crippen molar-refractivity contribution < 1.29 is 14.3 Å². The van der Waals surface area contributed by atoms with E-state index >= 15 is 0 Å². The largest absolute Gasteiger partial charge is 0.508 e. The van der Waals surface area contributed by atoms with E-state index in [2.05, 4.69) is 10.3 Å². The fourth-order valence-electron chi connectivity index (χ4n) is 1.63. The number of pyridine rings is 1. The first-order chi connectivity index (χ1) is 9.16. The summed E-state index contributed by atoms with van der Waals surface area (Å²) in [6.07, 6.45) is 2.25. The van der Waals surface area contributed by atoms with E-state index in [-0.39, 0.29) is 11.3 Å². The number of phenols is 1. The minimum atomic E-state index is -0.740. The molecule has 1 amide bonds. The molecule has 5 heteroatoms. The second-order valence-electron chi connectivity index (χ2n) is 3.99. The number of benzene rings is 1. The van der Waals surface area contributed by atoms with Gasteiger partial charge in [-0.2, -0.15) is 0 Å². The van der Waals surface area contributed by atoms with E-state index in [1.165, 1.54) is 12.1 Å². The van der Waals surface area contributed by atoms with Crippen LogP contribution in [0.15, 0.2) is 42.6 Å². The molecule has 0 aliphatic heterocycles. The van der Waals surface area contributed by atoms with Crippen LogP contribution in [0.1, 0.15) is 16.1 Å². The van der Waals surface area contributed by atoms with E-state index in [0.29, 0.717) is 13.0 Å². The quantitative estimate of drug-likeness (QED) is 0.882.